The summed E-state index contributed by atoms with van der Waals surface area (Å²) in [6, 6.07) is 7.71. The molecule has 0 unspecified atom stereocenters. The van der Waals surface area contributed by atoms with Gasteiger partial charge in [-0.1, -0.05) is 24.3 Å². The quantitative estimate of drug-likeness (QED) is 0.721. The van der Waals surface area contributed by atoms with E-state index in [1.807, 2.05) is 31.2 Å². The summed E-state index contributed by atoms with van der Waals surface area (Å²) < 4.78 is 27.6. The average molecular weight is 371 g/mol. The molecule has 6 nitrogen and oxygen atoms in total. The van der Waals surface area contributed by atoms with E-state index in [9.17, 15) is 18.0 Å². The van der Waals surface area contributed by atoms with Gasteiger partial charge in [0.1, 0.15) is 0 Å². The molecule has 1 N–H and O–H groups in total. The Morgan fingerprint density at radius 3 is 2.75 bits per heavy atom. The van der Waals surface area contributed by atoms with Gasteiger partial charge in [0.05, 0.1) is 17.3 Å². The second-order valence-corrected chi connectivity index (χ2v) is 9.22. The lowest BCUT2D eigenvalue weighted by Gasteiger charge is -2.09. The zero-order chi connectivity index (χ0) is 17.6. The maximum Gasteiger partial charge on any atom is 0.316 e. The number of aryl methyl sites for hydroxylation is 1. The lowest BCUT2D eigenvalue weighted by molar-refractivity contribution is -0.145. The number of carbonyl (C=O) groups excluding carboxylic acids is 2. The smallest absolute Gasteiger partial charge is 0.316 e. The van der Waals surface area contributed by atoms with Gasteiger partial charge in [-0.15, -0.1) is 11.8 Å². The Morgan fingerprint density at radius 2 is 2.08 bits per heavy atom. The standard InChI is InChI=1S/C16H21NO5S2/c1-12-4-2-3-5-13(12)8-17-15(18)9-22-16(19)10-23-14-6-7-24(20,21)11-14/h2-5,14H,6-11H2,1H3,(H,17,18)/t14-/m0/s1. The molecule has 0 saturated carbocycles. The summed E-state index contributed by atoms with van der Waals surface area (Å²) in [6.07, 6.45) is 0.567. The Kier molecular flexibility index (Phi) is 6.68. The van der Waals surface area contributed by atoms with E-state index >= 15 is 0 Å². The molecule has 2 rings (SSSR count). The first-order chi connectivity index (χ1) is 11.4. The molecule has 0 aromatic heterocycles. The maximum absolute atomic E-state index is 11.7. The zero-order valence-corrected chi connectivity index (χ0v) is 15.1. The summed E-state index contributed by atoms with van der Waals surface area (Å²) in [5, 5.41) is 2.64. The van der Waals surface area contributed by atoms with Gasteiger partial charge in [-0.3, -0.25) is 9.59 Å². The summed E-state index contributed by atoms with van der Waals surface area (Å²) in [5.41, 5.74) is 2.09. The van der Waals surface area contributed by atoms with Gasteiger partial charge in [0.15, 0.2) is 16.4 Å². The van der Waals surface area contributed by atoms with Crippen molar-refractivity contribution < 1.29 is 22.7 Å². The minimum Gasteiger partial charge on any atom is -0.455 e. The number of nitrogens with one attached hydrogen (secondary N) is 1. The second-order valence-electron chi connectivity index (χ2n) is 5.70. The van der Waals surface area contributed by atoms with Crippen LogP contribution in [0.1, 0.15) is 17.5 Å². The second kappa shape index (κ2) is 8.53. The number of esters is 1. The molecule has 0 spiro atoms. The Balaban J connectivity index is 1.63. The fourth-order valence-corrected chi connectivity index (χ4v) is 5.76. The average Bonchev–Trinajstić information content (AvgIpc) is 2.89. The van der Waals surface area contributed by atoms with Crippen LogP contribution in [0.5, 0.6) is 0 Å². The number of thioether (sulfide) groups is 1. The molecule has 0 bridgehead atoms. The minimum atomic E-state index is -2.94. The van der Waals surface area contributed by atoms with E-state index < -0.39 is 15.8 Å². The molecule has 1 atom stereocenters. The topological polar surface area (TPSA) is 89.5 Å². The number of hydrogen-bond acceptors (Lipinski definition) is 6. The molecule has 1 fully saturated rings. The predicted octanol–water partition coefficient (Wildman–Crippen LogP) is 1.07. The molecule has 24 heavy (non-hydrogen) atoms. The first-order valence-electron chi connectivity index (χ1n) is 7.64. The van der Waals surface area contributed by atoms with Crippen molar-refractivity contribution in [1.82, 2.24) is 5.32 Å². The highest BCUT2D eigenvalue weighted by atomic mass is 32.2. The molecule has 1 aliphatic heterocycles. The molecule has 0 radical (unpaired) electrons. The van der Waals surface area contributed by atoms with E-state index in [0.29, 0.717) is 13.0 Å². The fraction of sp³-hybridized carbons (Fsp3) is 0.500. The van der Waals surface area contributed by atoms with E-state index in [1.165, 1.54) is 11.8 Å². The van der Waals surface area contributed by atoms with Crippen molar-refractivity contribution in [3.8, 4) is 0 Å². The molecular weight excluding hydrogens is 350 g/mol. The molecule has 1 heterocycles. The summed E-state index contributed by atoms with van der Waals surface area (Å²) in [6.45, 7) is 2.02. The molecule has 1 aromatic carbocycles. The van der Waals surface area contributed by atoms with E-state index in [0.717, 1.165) is 11.1 Å². The molecule has 1 saturated heterocycles. The molecular formula is C16H21NO5S2. The van der Waals surface area contributed by atoms with Gasteiger partial charge >= 0.3 is 5.97 Å². The van der Waals surface area contributed by atoms with Crippen LogP contribution in [0, 0.1) is 6.92 Å². The predicted molar refractivity (Wildman–Crippen MR) is 93.5 cm³/mol. The monoisotopic (exact) mass is 371 g/mol. The van der Waals surface area contributed by atoms with Gasteiger partial charge in [-0.25, -0.2) is 8.42 Å². The van der Waals surface area contributed by atoms with Crippen molar-refractivity contribution in [1.29, 1.82) is 0 Å². The number of benzene rings is 1. The van der Waals surface area contributed by atoms with Crippen LogP contribution in [0.15, 0.2) is 24.3 Å². The molecule has 0 aliphatic carbocycles. The van der Waals surface area contributed by atoms with Crippen LogP contribution in [0.25, 0.3) is 0 Å². The van der Waals surface area contributed by atoms with Crippen LogP contribution < -0.4 is 5.32 Å². The Bertz CT molecular complexity index is 702. The van der Waals surface area contributed by atoms with Crippen LogP contribution in [0.3, 0.4) is 0 Å². The van der Waals surface area contributed by atoms with Crippen LogP contribution in [0.4, 0.5) is 0 Å². The fourth-order valence-electron chi connectivity index (χ4n) is 2.32. The van der Waals surface area contributed by atoms with E-state index in [2.05, 4.69) is 5.32 Å². The SMILES string of the molecule is Cc1ccccc1CNC(=O)COC(=O)CS[C@H]1CCS(=O)(=O)C1. The van der Waals surface area contributed by atoms with Gasteiger partial charge in [0.25, 0.3) is 5.91 Å². The number of carbonyl (C=O) groups is 2. The summed E-state index contributed by atoms with van der Waals surface area (Å²) in [4.78, 5) is 23.3. The van der Waals surface area contributed by atoms with Crippen molar-refractivity contribution in [2.45, 2.75) is 25.1 Å². The first kappa shape index (κ1) is 18.8. The van der Waals surface area contributed by atoms with Gasteiger partial charge in [0.2, 0.25) is 0 Å². The highest BCUT2D eigenvalue weighted by molar-refractivity contribution is 8.02. The minimum absolute atomic E-state index is 0.0579. The molecule has 1 amide bonds. The van der Waals surface area contributed by atoms with Crippen molar-refractivity contribution in [2.75, 3.05) is 23.9 Å². The number of ether oxygens (including phenoxy) is 1. The van der Waals surface area contributed by atoms with Crippen molar-refractivity contribution in [3.05, 3.63) is 35.4 Å². The highest BCUT2D eigenvalue weighted by Gasteiger charge is 2.28. The molecule has 132 valence electrons. The van der Waals surface area contributed by atoms with Crippen molar-refractivity contribution in [2.24, 2.45) is 0 Å². The first-order valence-corrected chi connectivity index (χ1v) is 10.5. The summed E-state index contributed by atoms with van der Waals surface area (Å²) in [7, 11) is -2.94. The Labute approximate surface area is 146 Å². The largest absolute Gasteiger partial charge is 0.455 e. The lowest BCUT2D eigenvalue weighted by Crippen LogP contribution is -2.29. The van der Waals surface area contributed by atoms with Gasteiger partial charge in [-0.05, 0) is 24.5 Å². The van der Waals surface area contributed by atoms with Crippen LogP contribution in [-0.2, 0) is 30.7 Å². The Hall–Kier alpha value is -1.54. The van der Waals surface area contributed by atoms with Crippen molar-refractivity contribution in [3.63, 3.8) is 0 Å². The van der Waals surface area contributed by atoms with E-state index in [-0.39, 0.29) is 35.0 Å². The number of rotatable bonds is 7. The van der Waals surface area contributed by atoms with Gasteiger partial charge < -0.3 is 10.1 Å². The number of sulfone groups is 1. The summed E-state index contributed by atoms with van der Waals surface area (Å²) in [5.74, 6) is -0.510. The van der Waals surface area contributed by atoms with Gasteiger partial charge in [-0.2, -0.15) is 0 Å². The van der Waals surface area contributed by atoms with Crippen LogP contribution >= 0.6 is 11.8 Å². The third-order valence-electron chi connectivity index (χ3n) is 3.73. The zero-order valence-electron chi connectivity index (χ0n) is 13.5. The van der Waals surface area contributed by atoms with E-state index in [1.54, 1.807) is 0 Å². The molecule has 1 aromatic rings. The van der Waals surface area contributed by atoms with E-state index in [4.69, 9.17) is 4.74 Å². The lowest BCUT2D eigenvalue weighted by atomic mass is 10.1. The maximum atomic E-state index is 11.7. The number of amides is 1. The van der Waals surface area contributed by atoms with Gasteiger partial charge in [0, 0.05) is 11.8 Å². The van der Waals surface area contributed by atoms with Crippen LogP contribution in [-0.4, -0.2) is 49.4 Å². The number of hydrogen-bond donors (Lipinski definition) is 1. The third-order valence-corrected chi connectivity index (χ3v) is 6.98. The third kappa shape index (κ3) is 6.16. The summed E-state index contributed by atoms with van der Waals surface area (Å²) >= 11 is 1.27. The van der Waals surface area contributed by atoms with Crippen molar-refractivity contribution >= 4 is 33.5 Å². The van der Waals surface area contributed by atoms with Crippen LogP contribution in [0.2, 0.25) is 0 Å². The molecule has 1 aliphatic rings. The highest BCUT2D eigenvalue weighted by Crippen LogP contribution is 2.24. The molecule has 8 heteroatoms. The normalized spacial score (nSPS) is 19.0. The Morgan fingerprint density at radius 1 is 1.33 bits per heavy atom.